The third-order valence-corrected chi connectivity index (χ3v) is 9.79. The smallest absolute Gasteiger partial charge is 0.348 e. The minimum absolute atomic E-state index is 0.0286. The van der Waals surface area contributed by atoms with Crippen LogP contribution in [0, 0.1) is 0 Å². The van der Waals surface area contributed by atoms with Crippen LogP contribution in [0.1, 0.15) is 49.8 Å². The first kappa shape index (κ1) is 36.7. The number of carboxylic acids is 2. The second-order valence-electron chi connectivity index (χ2n) is 12.7. The fraction of sp³-hybridized carbons (Fsp3) is 0.562. The van der Waals surface area contributed by atoms with Crippen molar-refractivity contribution in [3.05, 3.63) is 40.7 Å². The molecule has 0 aromatic heterocycles. The van der Waals surface area contributed by atoms with E-state index >= 15 is 0 Å². The summed E-state index contributed by atoms with van der Waals surface area (Å²) in [5.74, 6) is -9.15. The predicted octanol–water partition coefficient (Wildman–Crippen LogP) is -1.94. The predicted molar refractivity (Wildman–Crippen MR) is 160 cm³/mol. The molecule has 1 saturated heterocycles. The fourth-order valence-electron chi connectivity index (χ4n) is 7.22. The van der Waals surface area contributed by atoms with Gasteiger partial charge in [0.1, 0.15) is 11.5 Å². The monoisotopic (exact) mass is 707 g/mol. The van der Waals surface area contributed by atoms with Gasteiger partial charge in [0.15, 0.2) is 30.5 Å². The van der Waals surface area contributed by atoms with E-state index in [1.54, 1.807) is 6.07 Å². The third-order valence-electron chi connectivity index (χ3n) is 9.79. The summed E-state index contributed by atoms with van der Waals surface area (Å²) in [5.41, 5.74) is -0.385. The van der Waals surface area contributed by atoms with Gasteiger partial charge in [0.2, 0.25) is 6.10 Å². The Bertz CT molecular complexity index is 1640. The van der Waals surface area contributed by atoms with Crippen molar-refractivity contribution in [1.29, 1.82) is 0 Å². The summed E-state index contributed by atoms with van der Waals surface area (Å²) in [6.07, 6.45) is -10.9. The lowest BCUT2D eigenvalue weighted by Gasteiger charge is -2.61. The maximum Gasteiger partial charge on any atom is 0.348 e. The Morgan fingerprint density at radius 3 is 2.28 bits per heavy atom. The molecule has 1 fully saturated rings. The summed E-state index contributed by atoms with van der Waals surface area (Å²) in [6.45, 7) is 2.20. The third kappa shape index (κ3) is 6.06. The number of benzene rings is 1. The van der Waals surface area contributed by atoms with Crippen LogP contribution in [0.3, 0.4) is 0 Å². The highest BCUT2D eigenvalue weighted by Gasteiger charge is 2.72. The number of rotatable bonds is 13. The highest BCUT2D eigenvalue weighted by Crippen LogP contribution is 2.64. The minimum Gasteiger partial charge on any atom is -0.481 e. The average molecular weight is 708 g/mol. The highest BCUT2D eigenvalue weighted by molar-refractivity contribution is 5.89. The van der Waals surface area contributed by atoms with E-state index in [1.165, 1.54) is 6.08 Å². The first-order valence-corrected chi connectivity index (χ1v) is 15.7. The van der Waals surface area contributed by atoms with Gasteiger partial charge in [0, 0.05) is 23.6 Å². The second-order valence-corrected chi connectivity index (χ2v) is 12.7. The van der Waals surface area contributed by atoms with Crippen molar-refractivity contribution in [2.45, 2.75) is 99.8 Å². The number of piperidine rings is 1. The number of aliphatic hydroxyl groups excluding tert-OH is 3. The van der Waals surface area contributed by atoms with Crippen LogP contribution in [-0.2, 0) is 66.2 Å². The number of esters is 4. The van der Waals surface area contributed by atoms with Crippen LogP contribution in [0.5, 0.6) is 5.75 Å². The first-order chi connectivity index (χ1) is 23.5. The molecule has 50 heavy (non-hydrogen) atoms. The molecule has 2 aliphatic heterocycles. The van der Waals surface area contributed by atoms with E-state index in [0.29, 0.717) is 36.3 Å². The van der Waals surface area contributed by atoms with Gasteiger partial charge < -0.3 is 59.2 Å². The SMILES string of the molecule is C[C@H](OC(=O)[C@H](C)OC(=O)[C@H](CC(=O)OC1=CC[C@@]2(O)[C@H]3Cc4ccc(CO)c5c4[C@@]2(CCN3C)[C@H]1O5)OC(=O)[C@H](O)[C@@H](O)C(=O)O)C(=O)O. The van der Waals surface area contributed by atoms with Gasteiger partial charge in [-0.25, -0.2) is 24.0 Å². The Balaban J connectivity index is 1.39. The minimum atomic E-state index is -2.71. The van der Waals surface area contributed by atoms with E-state index in [0.717, 1.165) is 19.4 Å². The standard InChI is InChI=1S/C32H37NO17/c1-13(26(38)39)46-28(42)14(2)47-29(43)18(49-30(44)23(37)22(36)27(40)41)11-20(35)48-17-6-7-32(45)19-10-15-4-5-16(12-34)24-21(15)31(32,25(17)50-24)8-9-33(19)3/h4-6,13-14,18-19,22-23,25,34,36-37,45H,7-12H2,1-3H3,(H,38,39)(H,40,41)/t13-,14-,18-,19+,22+,23+,25-,31-,32+/m0/s1. The Morgan fingerprint density at radius 2 is 1.64 bits per heavy atom. The lowest BCUT2D eigenvalue weighted by molar-refractivity contribution is -0.188. The Morgan fingerprint density at radius 1 is 0.960 bits per heavy atom. The van der Waals surface area contributed by atoms with Gasteiger partial charge >= 0.3 is 35.8 Å². The zero-order valence-electron chi connectivity index (χ0n) is 27.1. The number of likely N-dealkylation sites (N-methyl/N-ethyl adjacent to an activating group) is 1. The molecule has 9 atom stereocenters. The average Bonchev–Trinajstić information content (AvgIpc) is 3.42. The van der Waals surface area contributed by atoms with Crippen molar-refractivity contribution in [2.24, 2.45) is 0 Å². The summed E-state index contributed by atoms with van der Waals surface area (Å²) in [6, 6.07) is 3.26. The molecule has 0 saturated carbocycles. The van der Waals surface area contributed by atoms with E-state index < -0.39 is 89.9 Å². The van der Waals surface area contributed by atoms with Crippen LogP contribution in [0.4, 0.5) is 0 Å². The van der Waals surface area contributed by atoms with Crippen LogP contribution in [0.25, 0.3) is 0 Å². The summed E-state index contributed by atoms with van der Waals surface area (Å²) >= 11 is 0. The van der Waals surface area contributed by atoms with E-state index in [4.69, 9.17) is 29.2 Å². The van der Waals surface area contributed by atoms with E-state index in [1.807, 2.05) is 18.0 Å². The van der Waals surface area contributed by atoms with Crippen LogP contribution in [-0.4, -0.2) is 133 Å². The summed E-state index contributed by atoms with van der Waals surface area (Å²) < 4.78 is 26.5. The van der Waals surface area contributed by atoms with Crippen molar-refractivity contribution in [3.63, 3.8) is 0 Å². The second kappa shape index (κ2) is 13.6. The Hall–Kier alpha value is -4.62. The molecule has 0 amide bonds. The van der Waals surface area contributed by atoms with Crippen LogP contribution in [0.2, 0.25) is 0 Å². The number of aliphatic hydroxyl groups is 4. The molecule has 1 aromatic rings. The molecule has 2 aliphatic carbocycles. The number of carbonyl (C=O) groups is 6. The van der Waals surface area contributed by atoms with Gasteiger partial charge in [-0.15, -0.1) is 0 Å². The number of hydrogen-bond acceptors (Lipinski definition) is 16. The topological polar surface area (TPSA) is 273 Å². The van der Waals surface area contributed by atoms with Crippen molar-refractivity contribution < 1.29 is 83.1 Å². The van der Waals surface area contributed by atoms with Gasteiger partial charge in [0.05, 0.1) is 24.0 Å². The summed E-state index contributed by atoms with van der Waals surface area (Å²) in [4.78, 5) is 75.4. The number of likely N-dealkylation sites (tertiary alicyclic amines) is 1. The maximum absolute atomic E-state index is 13.4. The quantitative estimate of drug-likeness (QED) is 0.0961. The molecular weight excluding hydrogens is 670 g/mol. The van der Waals surface area contributed by atoms with Crippen molar-refractivity contribution in [1.82, 2.24) is 4.90 Å². The highest BCUT2D eigenvalue weighted by atomic mass is 16.6. The van der Waals surface area contributed by atoms with Gasteiger partial charge in [-0.3, -0.25) is 4.79 Å². The molecule has 272 valence electrons. The van der Waals surface area contributed by atoms with E-state index in [9.17, 15) is 49.2 Å². The number of ether oxygens (including phenoxy) is 5. The van der Waals surface area contributed by atoms with Crippen molar-refractivity contribution in [3.8, 4) is 5.75 Å². The molecule has 2 heterocycles. The molecule has 2 bridgehead atoms. The number of nitrogens with zero attached hydrogens (tertiary/aromatic N) is 1. The molecule has 0 radical (unpaired) electrons. The number of aliphatic carboxylic acids is 2. The number of carbonyl (C=O) groups excluding carboxylic acids is 4. The largest absolute Gasteiger partial charge is 0.481 e. The zero-order chi connectivity index (χ0) is 36.9. The molecular formula is C32H37NO17. The molecule has 18 heteroatoms. The Kier molecular flexibility index (Phi) is 9.97. The van der Waals surface area contributed by atoms with Crippen molar-refractivity contribution >= 4 is 35.8 Å². The van der Waals surface area contributed by atoms with Crippen LogP contribution < -0.4 is 4.74 Å². The lowest BCUT2D eigenvalue weighted by Crippen LogP contribution is -2.74. The van der Waals surface area contributed by atoms with Gasteiger partial charge in [-0.1, -0.05) is 12.1 Å². The summed E-state index contributed by atoms with van der Waals surface area (Å²) in [7, 11) is 1.90. The summed E-state index contributed by atoms with van der Waals surface area (Å²) in [5, 5.41) is 59.8. The number of hydrogen-bond donors (Lipinski definition) is 6. The fourth-order valence-corrected chi connectivity index (χ4v) is 7.22. The van der Waals surface area contributed by atoms with E-state index in [2.05, 4.69) is 4.74 Å². The Labute approximate surface area is 283 Å². The maximum atomic E-state index is 13.4. The normalized spacial score (nSPS) is 27.5. The first-order valence-electron chi connectivity index (χ1n) is 15.7. The molecule has 4 aliphatic rings. The lowest BCUT2D eigenvalue weighted by atomic mass is 9.50. The molecule has 0 unspecified atom stereocenters. The van der Waals surface area contributed by atoms with Gasteiger partial charge in [0.25, 0.3) is 0 Å². The molecule has 5 rings (SSSR count). The zero-order valence-corrected chi connectivity index (χ0v) is 27.1. The van der Waals surface area contributed by atoms with Crippen molar-refractivity contribution in [2.75, 3.05) is 13.6 Å². The van der Waals surface area contributed by atoms with Crippen LogP contribution >= 0.6 is 0 Å². The van der Waals surface area contributed by atoms with Crippen LogP contribution in [0.15, 0.2) is 24.0 Å². The molecule has 1 spiro atoms. The van der Waals surface area contributed by atoms with Gasteiger partial charge in [-0.2, -0.15) is 0 Å². The number of carboxylic acid groups (broad SMARTS) is 2. The molecule has 1 aromatic carbocycles. The van der Waals surface area contributed by atoms with E-state index in [-0.39, 0.29) is 24.8 Å². The molecule has 6 N–H and O–H groups in total. The molecule has 18 nitrogen and oxygen atoms in total. The van der Waals surface area contributed by atoms with Gasteiger partial charge in [-0.05, 0) is 51.9 Å².